The maximum Gasteiger partial charge on any atom is 0.127 e. The molecule has 3 N–H and O–H groups in total. The third kappa shape index (κ3) is 3.17. The van der Waals surface area contributed by atoms with Crippen molar-refractivity contribution in [2.24, 2.45) is 5.73 Å². The van der Waals surface area contributed by atoms with Gasteiger partial charge in [0.15, 0.2) is 0 Å². The molecule has 1 aromatic carbocycles. The van der Waals surface area contributed by atoms with E-state index in [2.05, 4.69) is 57.1 Å². The summed E-state index contributed by atoms with van der Waals surface area (Å²) in [5.74, 6) is 0.830. The molecule has 0 radical (unpaired) electrons. The van der Waals surface area contributed by atoms with Crippen LogP contribution in [-0.4, -0.2) is 9.97 Å². The minimum atomic E-state index is 0.447. The molecule has 2 aromatic rings. The molecule has 1 aromatic heterocycles. The van der Waals surface area contributed by atoms with Crippen LogP contribution >= 0.6 is 15.9 Å². The van der Waals surface area contributed by atoms with Crippen LogP contribution in [-0.2, 0) is 19.4 Å². The number of halogens is 1. The number of aromatic amines is 1. The molecule has 17 heavy (non-hydrogen) atoms. The average molecular weight is 294 g/mol. The van der Waals surface area contributed by atoms with Gasteiger partial charge >= 0.3 is 0 Å². The highest BCUT2D eigenvalue weighted by Gasteiger charge is 2.06. The predicted octanol–water partition coefficient (Wildman–Crippen LogP) is 2.72. The molecule has 0 aliphatic carbocycles. The highest BCUT2D eigenvalue weighted by atomic mass is 79.9. The summed E-state index contributed by atoms with van der Waals surface area (Å²) < 4.78 is 0.880. The molecule has 3 nitrogen and oxygen atoms in total. The van der Waals surface area contributed by atoms with E-state index in [0.29, 0.717) is 6.54 Å². The Labute approximate surface area is 110 Å². The van der Waals surface area contributed by atoms with Gasteiger partial charge in [0.05, 0.1) is 6.54 Å². The first-order valence-corrected chi connectivity index (χ1v) is 6.47. The molecule has 0 fully saturated rings. The van der Waals surface area contributed by atoms with Crippen molar-refractivity contribution >= 4 is 15.9 Å². The minimum absolute atomic E-state index is 0.447. The zero-order chi connectivity index (χ0) is 12.3. The normalized spacial score (nSPS) is 10.8. The molecule has 0 aliphatic heterocycles. The zero-order valence-electron chi connectivity index (χ0n) is 9.83. The van der Waals surface area contributed by atoms with Crippen LogP contribution in [0.15, 0.2) is 28.9 Å². The van der Waals surface area contributed by atoms with Gasteiger partial charge in [-0.2, -0.15) is 0 Å². The second kappa shape index (κ2) is 5.47. The van der Waals surface area contributed by atoms with Crippen molar-refractivity contribution in [3.63, 3.8) is 0 Å². The standard InChI is InChI=1S/C13H16BrN3/c1-9-3-2-4-10(7-9)5-6-11-13(14)17-12(8-15)16-11/h2-4,7H,5-6,8,15H2,1H3,(H,16,17). The Morgan fingerprint density at radius 3 is 2.82 bits per heavy atom. The van der Waals surface area contributed by atoms with Gasteiger partial charge in [0.1, 0.15) is 10.4 Å². The molecule has 0 aliphatic rings. The molecule has 0 unspecified atom stereocenters. The van der Waals surface area contributed by atoms with Gasteiger partial charge in [0.25, 0.3) is 0 Å². The van der Waals surface area contributed by atoms with Crippen molar-refractivity contribution in [2.75, 3.05) is 0 Å². The number of hydrogen-bond acceptors (Lipinski definition) is 2. The third-order valence-electron chi connectivity index (χ3n) is 2.72. The summed E-state index contributed by atoms with van der Waals surface area (Å²) in [6.45, 7) is 2.56. The summed E-state index contributed by atoms with van der Waals surface area (Å²) >= 11 is 3.45. The Morgan fingerprint density at radius 2 is 2.18 bits per heavy atom. The van der Waals surface area contributed by atoms with Gasteiger partial charge in [-0.25, -0.2) is 4.98 Å². The van der Waals surface area contributed by atoms with E-state index >= 15 is 0 Å². The Morgan fingerprint density at radius 1 is 1.35 bits per heavy atom. The molecular formula is C13H16BrN3. The van der Waals surface area contributed by atoms with Crippen LogP contribution in [0.3, 0.4) is 0 Å². The average Bonchev–Trinajstić information content (AvgIpc) is 2.68. The fraction of sp³-hybridized carbons (Fsp3) is 0.308. The Bertz CT molecular complexity index is 505. The van der Waals surface area contributed by atoms with Crippen molar-refractivity contribution in [3.05, 3.63) is 51.5 Å². The van der Waals surface area contributed by atoms with Crippen LogP contribution in [0.1, 0.15) is 22.6 Å². The monoisotopic (exact) mass is 293 g/mol. The van der Waals surface area contributed by atoms with Crippen molar-refractivity contribution in [3.8, 4) is 0 Å². The first-order chi connectivity index (χ1) is 8.19. The maximum absolute atomic E-state index is 5.54. The SMILES string of the molecule is Cc1cccc(CCc2[nH]c(CN)nc2Br)c1. The third-order valence-corrected chi connectivity index (χ3v) is 3.37. The van der Waals surface area contributed by atoms with Crippen molar-refractivity contribution in [1.82, 2.24) is 9.97 Å². The Balaban J connectivity index is 2.04. The van der Waals surface area contributed by atoms with Gasteiger partial charge in [0.2, 0.25) is 0 Å². The zero-order valence-corrected chi connectivity index (χ0v) is 11.4. The van der Waals surface area contributed by atoms with E-state index in [9.17, 15) is 0 Å². The first kappa shape index (κ1) is 12.3. The van der Waals surface area contributed by atoms with Crippen molar-refractivity contribution in [2.45, 2.75) is 26.3 Å². The molecule has 0 amide bonds. The van der Waals surface area contributed by atoms with E-state index in [1.165, 1.54) is 11.1 Å². The number of nitrogens with zero attached hydrogens (tertiary/aromatic N) is 1. The first-order valence-electron chi connectivity index (χ1n) is 5.68. The number of benzene rings is 1. The van der Waals surface area contributed by atoms with Crippen molar-refractivity contribution < 1.29 is 0 Å². The van der Waals surface area contributed by atoms with E-state index in [1.807, 2.05) is 0 Å². The van der Waals surface area contributed by atoms with Gasteiger partial charge < -0.3 is 10.7 Å². The van der Waals surface area contributed by atoms with Crippen LogP contribution in [0.2, 0.25) is 0 Å². The summed E-state index contributed by atoms with van der Waals surface area (Å²) in [5, 5.41) is 0. The van der Waals surface area contributed by atoms with E-state index in [-0.39, 0.29) is 0 Å². The number of H-pyrrole nitrogens is 1. The number of aromatic nitrogens is 2. The molecule has 0 saturated carbocycles. The summed E-state index contributed by atoms with van der Waals surface area (Å²) in [6, 6.07) is 8.58. The number of hydrogen-bond donors (Lipinski definition) is 2. The molecule has 0 spiro atoms. The predicted molar refractivity (Wildman–Crippen MR) is 72.8 cm³/mol. The lowest BCUT2D eigenvalue weighted by Gasteiger charge is -2.01. The molecule has 4 heteroatoms. The molecule has 0 atom stereocenters. The summed E-state index contributed by atoms with van der Waals surface area (Å²) in [4.78, 5) is 7.53. The van der Waals surface area contributed by atoms with Crippen molar-refractivity contribution in [1.29, 1.82) is 0 Å². The second-order valence-electron chi connectivity index (χ2n) is 4.15. The summed E-state index contributed by atoms with van der Waals surface area (Å²) in [5.41, 5.74) is 9.31. The van der Waals surface area contributed by atoms with E-state index < -0.39 is 0 Å². The van der Waals surface area contributed by atoms with E-state index in [1.54, 1.807) is 0 Å². The fourth-order valence-electron chi connectivity index (χ4n) is 1.84. The number of nitrogens with two attached hydrogens (primary N) is 1. The van der Waals surface area contributed by atoms with Crippen LogP contribution in [0.25, 0.3) is 0 Å². The van der Waals surface area contributed by atoms with Gasteiger partial charge in [-0.15, -0.1) is 0 Å². The minimum Gasteiger partial charge on any atom is -0.344 e. The van der Waals surface area contributed by atoms with Crippen LogP contribution in [0.4, 0.5) is 0 Å². The topological polar surface area (TPSA) is 54.7 Å². The van der Waals surface area contributed by atoms with Crippen LogP contribution in [0.5, 0.6) is 0 Å². The number of aryl methyl sites for hydroxylation is 3. The Hall–Kier alpha value is -1.13. The molecule has 0 bridgehead atoms. The lowest BCUT2D eigenvalue weighted by Crippen LogP contribution is -1.98. The fourth-order valence-corrected chi connectivity index (χ4v) is 2.35. The maximum atomic E-state index is 5.54. The molecule has 90 valence electrons. The largest absolute Gasteiger partial charge is 0.344 e. The summed E-state index contributed by atoms with van der Waals surface area (Å²) in [6.07, 6.45) is 1.95. The quantitative estimate of drug-likeness (QED) is 0.911. The number of rotatable bonds is 4. The van der Waals surface area contributed by atoms with E-state index in [4.69, 9.17) is 5.73 Å². The summed E-state index contributed by atoms with van der Waals surface area (Å²) in [7, 11) is 0. The molecular weight excluding hydrogens is 278 g/mol. The highest BCUT2D eigenvalue weighted by Crippen LogP contribution is 2.16. The lowest BCUT2D eigenvalue weighted by atomic mass is 10.1. The lowest BCUT2D eigenvalue weighted by molar-refractivity contribution is 0.893. The number of imidazole rings is 1. The molecule has 1 heterocycles. The Kier molecular flexibility index (Phi) is 3.97. The molecule has 0 saturated heterocycles. The van der Waals surface area contributed by atoms with E-state index in [0.717, 1.165) is 29.0 Å². The second-order valence-corrected chi connectivity index (χ2v) is 4.90. The van der Waals surface area contributed by atoms with Gasteiger partial charge in [-0.1, -0.05) is 29.8 Å². The highest BCUT2D eigenvalue weighted by molar-refractivity contribution is 9.10. The van der Waals surface area contributed by atoms with Gasteiger partial charge in [0, 0.05) is 5.69 Å². The van der Waals surface area contributed by atoms with Crippen LogP contribution < -0.4 is 5.73 Å². The molecule has 2 rings (SSSR count). The smallest absolute Gasteiger partial charge is 0.127 e. The van der Waals surface area contributed by atoms with Crippen LogP contribution in [0, 0.1) is 6.92 Å². The van der Waals surface area contributed by atoms with Gasteiger partial charge in [-0.05, 0) is 41.3 Å². The van der Waals surface area contributed by atoms with Gasteiger partial charge in [-0.3, -0.25) is 0 Å². The number of nitrogens with one attached hydrogen (secondary N) is 1.